The highest BCUT2D eigenvalue weighted by atomic mass is 16.5. The van der Waals surface area contributed by atoms with Crippen LogP contribution in [-0.4, -0.2) is 42.8 Å². The van der Waals surface area contributed by atoms with Gasteiger partial charge in [-0.1, -0.05) is 18.2 Å². The fraction of sp³-hybridized carbons (Fsp3) is 0.500. The van der Waals surface area contributed by atoms with Gasteiger partial charge in [-0.3, -0.25) is 16.0 Å². The van der Waals surface area contributed by atoms with Crippen LogP contribution < -0.4 is 11.3 Å². The van der Waals surface area contributed by atoms with Crippen molar-refractivity contribution in [2.45, 2.75) is 12.5 Å². The second kappa shape index (κ2) is 7.35. The van der Waals surface area contributed by atoms with Gasteiger partial charge in [0.05, 0.1) is 37.1 Å². The summed E-state index contributed by atoms with van der Waals surface area (Å²) in [5, 5.41) is 5.72. The molecule has 0 aliphatic heterocycles. The van der Waals surface area contributed by atoms with Crippen LogP contribution in [-0.2, 0) is 22.9 Å². The number of nitrogens with zero attached hydrogens (tertiary/aromatic N) is 2. The van der Waals surface area contributed by atoms with E-state index in [-0.39, 0.29) is 6.04 Å². The predicted octanol–water partition coefficient (Wildman–Crippen LogP) is 0.611. The zero-order chi connectivity index (χ0) is 14.4. The van der Waals surface area contributed by atoms with Crippen molar-refractivity contribution in [3.05, 3.63) is 30.0 Å². The van der Waals surface area contributed by atoms with Gasteiger partial charge in [0, 0.05) is 26.0 Å². The Labute approximate surface area is 118 Å². The quantitative estimate of drug-likeness (QED) is 0.420. The summed E-state index contributed by atoms with van der Waals surface area (Å²) in [6, 6.07) is 8.21. The molecular formula is C14H22N4O2. The molecule has 1 aromatic carbocycles. The summed E-state index contributed by atoms with van der Waals surface area (Å²) in [4.78, 5) is 0. The molecule has 0 amide bonds. The van der Waals surface area contributed by atoms with E-state index < -0.39 is 0 Å². The Morgan fingerprint density at radius 1 is 1.35 bits per heavy atom. The van der Waals surface area contributed by atoms with Gasteiger partial charge in [0.2, 0.25) is 0 Å². The molecule has 20 heavy (non-hydrogen) atoms. The maximum atomic E-state index is 5.59. The molecule has 6 heteroatoms. The van der Waals surface area contributed by atoms with E-state index in [9.17, 15) is 0 Å². The van der Waals surface area contributed by atoms with E-state index in [1.807, 2.05) is 23.9 Å². The first kappa shape index (κ1) is 14.9. The van der Waals surface area contributed by atoms with Crippen molar-refractivity contribution in [3.63, 3.8) is 0 Å². The Kier molecular flexibility index (Phi) is 5.49. The Bertz CT molecular complexity index is 541. The highest BCUT2D eigenvalue weighted by Crippen LogP contribution is 2.18. The molecule has 0 radical (unpaired) electrons. The maximum absolute atomic E-state index is 5.59. The van der Waals surface area contributed by atoms with E-state index in [1.54, 1.807) is 7.11 Å². The molecule has 0 bridgehead atoms. The predicted molar refractivity (Wildman–Crippen MR) is 78.2 cm³/mol. The largest absolute Gasteiger partial charge is 0.382 e. The summed E-state index contributed by atoms with van der Waals surface area (Å²) in [5.74, 6) is 5.59. The first-order valence-electron chi connectivity index (χ1n) is 6.69. The molecular weight excluding hydrogens is 256 g/mol. The second-order valence-corrected chi connectivity index (χ2v) is 4.72. The minimum absolute atomic E-state index is 0.0326. The Morgan fingerprint density at radius 2 is 2.15 bits per heavy atom. The number of ether oxygens (including phenoxy) is 2. The molecule has 0 spiro atoms. The fourth-order valence-corrected chi connectivity index (χ4v) is 2.21. The first-order valence-corrected chi connectivity index (χ1v) is 6.69. The van der Waals surface area contributed by atoms with Crippen LogP contribution in [0.5, 0.6) is 0 Å². The zero-order valence-electron chi connectivity index (χ0n) is 12.0. The fourth-order valence-electron chi connectivity index (χ4n) is 2.21. The standard InChI is InChI=1S/C14H22N4O2/c1-18-14-6-4-3-5-12(14)13(17-18)9-11(16-15)10-20-8-7-19-2/h3-6,11,16H,7-10,15H2,1-2H3. The summed E-state index contributed by atoms with van der Waals surface area (Å²) < 4.78 is 12.4. The molecule has 6 nitrogen and oxygen atoms in total. The summed E-state index contributed by atoms with van der Waals surface area (Å²) in [5.41, 5.74) is 4.94. The molecule has 2 aromatic rings. The maximum Gasteiger partial charge on any atom is 0.0720 e. The van der Waals surface area contributed by atoms with Crippen molar-refractivity contribution >= 4 is 10.9 Å². The van der Waals surface area contributed by atoms with E-state index in [2.05, 4.69) is 22.7 Å². The van der Waals surface area contributed by atoms with Gasteiger partial charge >= 0.3 is 0 Å². The van der Waals surface area contributed by atoms with Gasteiger partial charge in [-0.2, -0.15) is 5.10 Å². The second-order valence-electron chi connectivity index (χ2n) is 4.72. The molecule has 1 aromatic heterocycles. The molecule has 0 fully saturated rings. The monoisotopic (exact) mass is 278 g/mol. The number of hydrazine groups is 1. The molecule has 2 rings (SSSR count). The average Bonchev–Trinajstić information content (AvgIpc) is 2.79. The normalized spacial score (nSPS) is 12.9. The van der Waals surface area contributed by atoms with Crippen LogP contribution in [0.3, 0.4) is 0 Å². The number of rotatable bonds is 8. The van der Waals surface area contributed by atoms with Crippen LogP contribution in [0.1, 0.15) is 5.69 Å². The lowest BCUT2D eigenvalue weighted by Crippen LogP contribution is -2.40. The molecule has 0 saturated heterocycles. The number of hydrogen-bond donors (Lipinski definition) is 2. The Balaban J connectivity index is 2.02. The summed E-state index contributed by atoms with van der Waals surface area (Å²) in [7, 11) is 3.61. The zero-order valence-corrected chi connectivity index (χ0v) is 12.0. The van der Waals surface area contributed by atoms with E-state index >= 15 is 0 Å². The van der Waals surface area contributed by atoms with Gasteiger partial charge in [0.15, 0.2) is 0 Å². The third kappa shape index (κ3) is 3.55. The van der Waals surface area contributed by atoms with E-state index in [0.717, 1.165) is 23.0 Å². The summed E-state index contributed by atoms with van der Waals surface area (Å²) in [6.45, 7) is 1.69. The van der Waals surface area contributed by atoms with E-state index in [0.29, 0.717) is 19.8 Å². The number of nitrogens with two attached hydrogens (primary N) is 1. The van der Waals surface area contributed by atoms with Gasteiger partial charge in [0.1, 0.15) is 0 Å². The highest BCUT2D eigenvalue weighted by molar-refractivity contribution is 5.81. The van der Waals surface area contributed by atoms with Crippen molar-refractivity contribution in [2.75, 3.05) is 26.9 Å². The van der Waals surface area contributed by atoms with Gasteiger partial charge < -0.3 is 9.47 Å². The number of aromatic nitrogens is 2. The van der Waals surface area contributed by atoms with Crippen LogP contribution in [0.2, 0.25) is 0 Å². The number of fused-ring (bicyclic) bond motifs is 1. The summed E-state index contributed by atoms with van der Waals surface area (Å²) >= 11 is 0. The van der Waals surface area contributed by atoms with Crippen molar-refractivity contribution in [1.29, 1.82) is 0 Å². The number of aryl methyl sites for hydroxylation is 1. The number of methoxy groups -OCH3 is 1. The third-order valence-electron chi connectivity index (χ3n) is 3.26. The Hall–Kier alpha value is -1.47. The molecule has 0 aliphatic carbocycles. The van der Waals surface area contributed by atoms with Crippen LogP contribution in [0.4, 0.5) is 0 Å². The topological polar surface area (TPSA) is 74.3 Å². The van der Waals surface area contributed by atoms with E-state index in [4.69, 9.17) is 15.3 Å². The Morgan fingerprint density at radius 3 is 2.90 bits per heavy atom. The minimum atomic E-state index is 0.0326. The molecule has 1 unspecified atom stereocenters. The minimum Gasteiger partial charge on any atom is -0.382 e. The first-order chi connectivity index (χ1) is 9.76. The van der Waals surface area contributed by atoms with Gasteiger partial charge in [-0.05, 0) is 6.07 Å². The number of benzene rings is 1. The van der Waals surface area contributed by atoms with Crippen molar-refractivity contribution in [2.24, 2.45) is 12.9 Å². The van der Waals surface area contributed by atoms with Crippen LogP contribution in [0, 0.1) is 0 Å². The van der Waals surface area contributed by atoms with Crippen molar-refractivity contribution < 1.29 is 9.47 Å². The smallest absolute Gasteiger partial charge is 0.0720 e. The SMILES string of the molecule is COCCOCC(Cc1nn(C)c2ccccc12)NN. The molecule has 3 N–H and O–H groups in total. The number of hydrogen-bond acceptors (Lipinski definition) is 5. The molecule has 0 saturated carbocycles. The van der Waals surface area contributed by atoms with Crippen molar-refractivity contribution in [3.8, 4) is 0 Å². The number of nitrogens with one attached hydrogen (secondary N) is 1. The van der Waals surface area contributed by atoms with Crippen LogP contribution >= 0.6 is 0 Å². The lowest BCUT2D eigenvalue weighted by molar-refractivity contribution is 0.0586. The van der Waals surface area contributed by atoms with Crippen LogP contribution in [0.15, 0.2) is 24.3 Å². The third-order valence-corrected chi connectivity index (χ3v) is 3.26. The van der Waals surface area contributed by atoms with E-state index in [1.165, 1.54) is 0 Å². The van der Waals surface area contributed by atoms with Crippen LogP contribution in [0.25, 0.3) is 10.9 Å². The van der Waals surface area contributed by atoms with Gasteiger partial charge in [-0.15, -0.1) is 0 Å². The molecule has 1 heterocycles. The lowest BCUT2D eigenvalue weighted by atomic mass is 10.1. The molecule has 1 atom stereocenters. The lowest BCUT2D eigenvalue weighted by Gasteiger charge is -2.15. The number of para-hydroxylation sites is 1. The summed E-state index contributed by atoms with van der Waals surface area (Å²) in [6.07, 6.45) is 0.727. The molecule has 110 valence electrons. The highest BCUT2D eigenvalue weighted by Gasteiger charge is 2.14. The average molecular weight is 278 g/mol. The van der Waals surface area contributed by atoms with Gasteiger partial charge in [0.25, 0.3) is 0 Å². The van der Waals surface area contributed by atoms with Gasteiger partial charge in [-0.25, -0.2) is 0 Å². The van der Waals surface area contributed by atoms with Crippen molar-refractivity contribution in [1.82, 2.24) is 15.2 Å². The molecule has 0 aliphatic rings.